The van der Waals surface area contributed by atoms with Gasteiger partial charge in [-0.3, -0.25) is 14.9 Å². The first kappa shape index (κ1) is 18.2. The Kier molecular flexibility index (Phi) is 5.13. The van der Waals surface area contributed by atoms with Gasteiger partial charge in [0.25, 0.3) is 0 Å². The van der Waals surface area contributed by atoms with Gasteiger partial charge in [0.05, 0.1) is 11.3 Å². The van der Waals surface area contributed by atoms with Crippen molar-refractivity contribution in [1.29, 1.82) is 0 Å². The fourth-order valence-corrected chi connectivity index (χ4v) is 3.52. The van der Waals surface area contributed by atoms with Crippen LogP contribution >= 0.6 is 11.6 Å². The summed E-state index contributed by atoms with van der Waals surface area (Å²) in [6.45, 7) is 3.72. The average molecular weight is 378 g/mol. The quantitative estimate of drug-likeness (QED) is 0.602. The minimum Gasteiger partial charge on any atom is -0.348 e. The number of aryl methyl sites for hydroxylation is 2. The molecule has 26 heavy (non-hydrogen) atoms. The van der Waals surface area contributed by atoms with E-state index in [4.69, 9.17) is 11.6 Å². The maximum atomic E-state index is 12.5. The molecule has 3 rings (SSSR count). The van der Waals surface area contributed by atoms with Crippen LogP contribution in [0.1, 0.15) is 11.3 Å². The molecule has 1 aliphatic rings. The highest BCUT2D eigenvalue weighted by atomic mass is 35.5. The van der Waals surface area contributed by atoms with E-state index in [1.165, 1.54) is 4.68 Å². The normalized spacial score (nSPS) is 14.6. The zero-order valence-electron chi connectivity index (χ0n) is 14.7. The Balaban J connectivity index is 1.66. The van der Waals surface area contributed by atoms with Gasteiger partial charge in [-0.15, -0.1) is 0 Å². The van der Waals surface area contributed by atoms with Gasteiger partial charge < -0.3 is 9.80 Å². The number of carbonyl (C=O) groups is 1. The molecule has 1 amide bonds. The summed E-state index contributed by atoms with van der Waals surface area (Å²) in [4.78, 5) is 27.2. The first-order valence-corrected chi connectivity index (χ1v) is 8.69. The summed E-state index contributed by atoms with van der Waals surface area (Å²) >= 11 is 5.96. The molecule has 0 atom stereocenters. The van der Waals surface area contributed by atoms with Crippen molar-refractivity contribution in [3.05, 3.63) is 50.7 Å². The Hall–Kier alpha value is -2.61. The highest BCUT2D eigenvalue weighted by Gasteiger charge is 2.31. The molecule has 0 radical (unpaired) electrons. The molecule has 9 heteroatoms. The Morgan fingerprint density at radius 1 is 1.31 bits per heavy atom. The van der Waals surface area contributed by atoms with Crippen LogP contribution in [0.4, 0.5) is 11.5 Å². The SMILES string of the molecule is Cc1nn(C)c(N2CCN(C(=O)Cc3cccc(Cl)c3)CC2)c1[N+](=O)[O-]. The third-order valence-corrected chi connectivity index (χ3v) is 4.75. The van der Waals surface area contributed by atoms with Crippen molar-refractivity contribution in [3.63, 3.8) is 0 Å². The molecule has 1 fully saturated rings. The van der Waals surface area contributed by atoms with Gasteiger partial charge in [0, 0.05) is 38.2 Å². The molecule has 0 aliphatic carbocycles. The van der Waals surface area contributed by atoms with Crippen LogP contribution in [-0.2, 0) is 18.3 Å². The first-order chi connectivity index (χ1) is 12.4. The van der Waals surface area contributed by atoms with Gasteiger partial charge in [0.2, 0.25) is 11.7 Å². The van der Waals surface area contributed by atoms with E-state index in [-0.39, 0.29) is 11.6 Å². The third-order valence-electron chi connectivity index (χ3n) is 4.52. The minimum atomic E-state index is -0.395. The smallest absolute Gasteiger partial charge is 0.333 e. The van der Waals surface area contributed by atoms with Crippen LogP contribution in [0, 0.1) is 17.0 Å². The molecular formula is C17H20ClN5O3. The van der Waals surface area contributed by atoms with E-state index in [2.05, 4.69) is 5.10 Å². The molecule has 0 bridgehead atoms. The summed E-state index contributed by atoms with van der Waals surface area (Å²) in [6, 6.07) is 7.27. The number of carbonyl (C=O) groups excluding carboxylic acids is 1. The zero-order valence-corrected chi connectivity index (χ0v) is 15.4. The predicted octanol–water partition coefficient (Wildman–Crippen LogP) is 2.18. The highest BCUT2D eigenvalue weighted by molar-refractivity contribution is 6.30. The fraction of sp³-hybridized carbons (Fsp3) is 0.412. The molecule has 2 aromatic rings. The predicted molar refractivity (Wildman–Crippen MR) is 98.5 cm³/mol. The van der Waals surface area contributed by atoms with Gasteiger partial charge in [-0.1, -0.05) is 23.7 Å². The summed E-state index contributed by atoms with van der Waals surface area (Å²) in [5.74, 6) is 0.525. The molecule has 0 unspecified atom stereocenters. The van der Waals surface area contributed by atoms with Crippen molar-refractivity contribution < 1.29 is 9.72 Å². The number of piperazine rings is 1. The van der Waals surface area contributed by atoms with Crippen LogP contribution in [0.25, 0.3) is 0 Å². The summed E-state index contributed by atoms with van der Waals surface area (Å²) in [5, 5.41) is 16.1. The molecule has 2 heterocycles. The Morgan fingerprint density at radius 3 is 2.62 bits per heavy atom. The van der Waals surface area contributed by atoms with E-state index in [9.17, 15) is 14.9 Å². The van der Waals surface area contributed by atoms with E-state index in [1.54, 1.807) is 31.0 Å². The average Bonchev–Trinajstić information content (AvgIpc) is 2.89. The van der Waals surface area contributed by atoms with Gasteiger partial charge in [-0.25, -0.2) is 4.68 Å². The molecule has 1 saturated heterocycles. The summed E-state index contributed by atoms with van der Waals surface area (Å²) < 4.78 is 1.54. The molecule has 1 aromatic heterocycles. The molecule has 0 N–H and O–H groups in total. The molecule has 8 nitrogen and oxygen atoms in total. The van der Waals surface area contributed by atoms with Crippen LogP contribution < -0.4 is 4.90 Å². The van der Waals surface area contributed by atoms with Crippen LogP contribution in [0.15, 0.2) is 24.3 Å². The molecular weight excluding hydrogens is 358 g/mol. The van der Waals surface area contributed by atoms with Crippen LogP contribution in [0.2, 0.25) is 5.02 Å². The van der Waals surface area contributed by atoms with Crippen LogP contribution in [0.3, 0.4) is 0 Å². The number of rotatable bonds is 4. The molecule has 1 aliphatic heterocycles. The lowest BCUT2D eigenvalue weighted by atomic mass is 10.1. The lowest BCUT2D eigenvalue weighted by Crippen LogP contribution is -2.49. The Bertz CT molecular complexity index is 843. The molecule has 1 aromatic carbocycles. The number of halogens is 1. The van der Waals surface area contributed by atoms with Crippen molar-refractivity contribution in [2.24, 2.45) is 7.05 Å². The summed E-state index contributed by atoms with van der Waals surface area (Å²) in [7, 11) is 1.70. The maximum absolute atomic E-state index is 12.5. The zero-order chi connectivity index (χ0) is 18.8. The standard InChI is InChI=1S/C17H20ClN5O3/c1-12-16(23(25)26)17(20(2)19-12)22-8-6-21(7-9-22)15(24)11-13-4-3-5-14(18)10-13/h3-5,10H,6-9,11H2,1-2H3. The van der Waals surface area contributed by atoms with Gasteiger partial charge >= 0.3 is 5.69 Å². The van der Waals surface area contributed by atoms with Crippen molar-refractivity contribution in [1.82, 2.24) is 14.7 Å². The molecule has 0 spiro atoms. The van der Waals surface area contributed by atoms with Gasteiger partial charge in [-0.05, 0) is 24.6 Å². The van der Waals surface area contributed by atoms with Crippen molar-refractivity contribution in [2.45, 2.75) is 13.3 Å². The van der Waals surface area contributed by atoms with E-state index in [1.807, 2.05) is 17.0 Å². The fourth-order valence-electron chi connectivity index (χ4n) is 3.30. The number of benzene rings is 1. The van der Waals surface area contributed by atoms with E-state index in [0.717, 1.165) is 5.56 Å². The second-order valence-electron chi connectivity index (χ2n) is 6.31. The number of aromatic nitrogens is 2. The summed E-state index contributed by atoms with van der Waals surface area (Å²) in [6.07, 6.45) is 0.297. The van der Waals surface area contributed by atoms with E-state index < -0.39 is 4.92 Å². The third kappa shape index (κ3) is 3.65. The van der Waals surface area contributed by atoms with E-state index >= 15 is 0 Å². The van der Waals surface area contributed by atoms with Gasteiger partial charge in [0.15, 0.2) is 0 Å². The number of amides is 1. The van der Waals surface area contributed by atoms with Crippen molar-refractivity contribution in [2.75, 3.05) is 31.1 Å². The summed E-state index contributed by atoms with van der Waals surface area (Å²) in [5.41, 5.74) is 1.31. The van der Waals surface area contributed by atoms with Crippen LogP contribution in [-0.4, -0.2) is 51.7 Å². The number of nitrogens with zero attached hydrogens (tertiary/aromatic N) is 5. The lowest BCUT2D eigenvalue weighted by Gasteiger charge is -2.35. The van der Waals surface area contributed by atoms with Gasteiger partial charge in [-0.2, -0.15) is 5.10 Å². The van der Waals surface area contributed by atoms with Gasteiger partial charge in [0.1, 0.15) is 5.69 Å². The minimum absolute atomic E-state index is 0.0302. The van der Waals surface area contributed by atoms with E-state index in [0.29, 0.717) is 49.1 Å². The number of anilines is 1. The second kappa shape index (κ2) is 7.33. The first-order valence-electron chi connectivity index (χ1n) is 8.32. The molecule has 0 saturated carbocycles. The number of nitro groups is 1. The number of hydrogen-bond donors (Lipinski definition) is 0. The maximum Gasteiger partial charge on any atom is 0.333 e. The lowest BCUT2D eigenvalue weighted by molar-refractivity contribution is -0.384. The number of hydrogen-bond acceptors (Lipinski definition) is 5. The monoisotopic (exact) mass is 377 g/mol. The highest BCUT2D eigenvalue weighted by Crippen LogP contribution is 2.31. The largest absolute Gasteiger partial charge is 0.348 e. The van der Waals surface area contributed by atoms with Crippen molar-refractivity contribution >= 4 is 29.0 Å². The van der Waals surface area contributed by atoms with Crippen LogP contribution in [0.5, 0.6) is 0 Å². The van der Waals surface area contributed by atoms with Crippen molar-refractivity contribution in [3.8, 4) is 0 Å². The second-order valence-corrected chi connectivity index (χ2v) is 6.75. The topological polar surface area (TPSA) is 84.5 Å². The Labute approximate surface area is 156 Å². The Morgan fingerprint density at radius 2 is 2.00 bits per heavy atom. The molecule has 138 valence electrons.